The Morgan fingerprint density at radius 1 is 1.09 bits per heavy atom. The number of nitrogen functional groups attached to an aromatic ring is 1. The van der Waals surface area contributed by atoms with Crippen LogP contribution in [0, 0.1) is 0 Å². The summed E-state index contributed by atoms with van der Waals surface area (Å²) in [6.07, 6.45) is 7.03. The third-order valence-electron chi connectivity index (χ3n) is 6.40. The summed E-state index contributed by atoms with van der Waals surface area (Å²) in [7, 11) is 1.56. The molecule has 3 heterocycles. The van der Waals surface area contributed by atoms with E-state index in [1.807, 2.05) is 12.1 Å². The molecule has 0 saturated heterocycles. The monoisotopic (exact) mass is 442 g/mol. The van der Waals surface area contributed by atoms with Crippen molar-refractivity contribution < 1.29 is 9.53 Å². The minimum Gasteiger partial charge on any atom is -0.481 e. The van der Waals surface area contributed by atoms with Gasteiger partial charge in [0.25, 0.3) is 5.91 Å². The average molecular weight is 443 g/mol. The SMILES string of the molecule is COc1cc(-c2cc(C(=O)N[C@H]3CC[C@H](c4ccccc4)CC3)c3c(N)ncnn23)ccn1. The smallest absolute Gasteiger partial charge is 0.253 e. The van der Waals surface area contributed by atoms with Crippen LogP contribution in [0.15, 0.2) is 61.1 Å². The molecule has 0 spiro atoms. The Hall–Kier alpha value is -3.94. The molecular formula is C25H26N6O2. The lowest BCUT2D eigenvalue weighted by Crippen LogP contribution is -2.37. The summed E-state index contributed by atoms with van der Waals surface area (Å²) in [6, 6.07) is 16.2. The Bertz CT molecular complexity index is 1280. The highest BCUT2D eigenvalue weighted by Crippen LogP contribution is 2.33. The lowest BCUT2D eigenvalue weighted by Gasteiger charge is -2.29. The third kappa shape index (κ3) is 4.11. The van der Waals surface area contributed by atoms with Gasteiger partial charge in [0.15, 0.2) is 5.82 Å². The number of carbonyl (C=O) groups excluding carboxylic acids is 1. The van der Waals surface area contributed by atoms with Crippen LogP contribution in [-0.4, -0.2) is 38.6 Å². The molecule has 8 heteroatoms. The molecule has 0 atom stereocenters. The molecule has 168 valence electrons. The first kappa shape index (κ1) is 20.9. The number of rotatable bonds is 5. The summed E-state index contributed by atoms with van der Waals surface area (Å²) in [4.78, 5) is 21.6. The Morgan fingerprint density at radius 2 is 1.88 bits per heavy atom. The molecule has 33 heavy (non-hydrogen) atoms. The van der Waals surface area contributed by atoms with E-state index in [0.717, 1.165) is 36.9 Å². The number of anilines is 1. The molecule has 1 fully saturated rings. The van der Waals surface area contributed by atoms with Crippen molar-refractivity contribution in [3.8, 4) is 17.1 Å². The van der Waals surface area contributed by atoms with Gasteiger partial charge in [0.05, 0.1) is 18.4 Å². The number of fused-ring (bicyclic) bond motifs is 1. The average Bonchev–Trinajstić information content (AvgIpc) is 3.26. The van der Waals surface area contributed by atoms with Gasteiger partial charge in [-0.1, -0.05) is 30.3 Å². The van der Waals surface area contributed by atoms with E-state index in [1.165, 1.54) is 11.9 Å². The zero-order valence-electron chi connectivity index (χ0n) is 18.4. The quantitative estimate of drug-likeness (QED) is 0.486. The van der Waals surface area contributed by atoms with E-state index in [1.54, 1.807) is 30.0 Å². The van der Waals surface area contributed by atoms with E-state index < -0.39 is 0 Å². The Labute approximate surface area is 191 Å². The number of nitrogens with zero attached hydrogens (tertiary/aromatic N) is 4. The maximum Gasteiger partial charge on any atom is 0.253 e. The molecule has 1 aliphatic carbocycles. The highest BCUT2D eigenvalue weighted by atomic mass is 16.5. The number of hydrogen-bond acceptors (Lipinski definition) is 6. The predicted octanol–water partition coefficient (Wildman–Crippen LogP) is 3.84. The fraction of sp³-hybridized carbons (Fsp3) is 0.280. The number of ether oxygens (including phenoxy) is 1. The third-order valence-corrected chi connectivity index (χ3v) is 6.40. The van der Waals surface area contributed by atoms with Gasteiger partial charge in [-0.3, -0.25) is 4.79 Å². The first-order chi connectivity index (χ1) is 16.1. The largest absolute Gasteiger partial charge is 0.481 e. The number of methoxy groups -OCH3 is 1. The number of hydrogen-bond donors (Lipinski definition) is 2. The summed E-state index contributed by atoms with van der Waals surface area (Å²) in [5.41, 5.74) is 10.0. The maximum atomic E-state index is 13.3. The molecule has 0 aliphatic heterocycles. The van der Waals surface area contributed by atoms with E-state index in [0.29, 0.717) is 22.9 Å². The fourth-order valence-electron chi connectivity index (χ4n) is 4.69. The normalized spacial score (nSPS) is 18.2. The summed E-state index contributed by atoms with van der Waals surface area (Å²) < 4.78 is 6.90. The van der Waals surface area contributed by atoms with Crippen LogP contribution in [0.2, 0.25) is 0 Å². The molecular weight excluding hydrogens is 416 g/mol. The molecule has 1 aliphatic rings. The lowest BCUT2D eigenvalue weighted by atomic mass is 9.82. The van der Waals surface area contributed by atoms with Gasteiger partial charge in [-0.25, -0.2) is 14.5 Å². The first-order valence-electron chi connectivity index (χ1n) is 11.1. The van der Waals surface area contributed by atoms with Crippen molar-refractivity contribution >= 4 is 17.2 Å². The van der Waals surface area contributed by atoms with Crippen molar-refractivity contribution in [3.63, 3.8) is 0 Å². The number of carbonyl (C=O) groups is 1. The van der Waals surface area contributed by atoms with Crippen molar-refractivity contribution in [3.05, 3.63) is 72.2 Å². The van der Waals surface area contributed by atoms with E-state index in [-0.39, 0.29) is 17.8 Å². The molecule has 4 aromatic rings. The summed E-state index contributed by atoms with van der Waals surface area (Å²) in [5.74, 6) is 1.12. The summed E-state index contributed by atoms with van der Waals surface area (Å²) in [5, 5.41) is 7.57. The molecule has 1 saturated carbocycles. The van der Waals surface area contributed by atoms with Crippen molar-refractivity contribution in [1.29, 1.82) is 0 Å². The van der Waals surface area contributed by atoms with Crippen molar-refractivity contribution in [1.82, 2.24) is 24.9 Å². The number of nitrogens with one attached hydrogen (secondary N) is 1. The van der Waals surface area contributed by atoms with Crippen LogP contribution in [0.4, 0.5) is 5.82 Å². The lowest BCUT2D eigenvalue weighted by molar-refractivity contribution is 0.0927. The van der Waals surface area contributed by atoms with Crippen LogP contribution >= 0.6 is 0 Å². The Kier molecular flexibility index (Phi) is 5.64. The highest BCUT2D eigenvalue weighted by Gasteiger charge is 2.26. The van der Waals surface area contributed by atoms with Crippen LogP contribution in [0.3, 0.4) is 0 Å². The molecule has 0 unspecified atom stereocenters. The minimum atomic E-state index is -0.163. The molecule has 5 rings (SSSR count). The van der Waals surface area contributed by atoms with E-state index in [4.69, 9.17) is 10.5 Å². The van der Waals surface area contributed by atoms with Crippen molar-refractivity contribution in [2.75, 3.05) is 12.8 Å². The fourth-order valence-corrected chi connectivity index (χ4v) is 4.69. The van der Waals surface area contributed by atoms with Gasteiger partial charge >= 0.3 is 0 Å². The van der Waals surface area contributed by atoms with Crippen LogP contribution in [-0.2, 0) is 0 Å². The van der Waals surface area contributed by atoms with Crippen molar-refractivity contribution in [2.24, 2.45) is 0 Å². The van der Waals surface area contributed by atoms with Crippen LogP contribution in [0.5, 0.6) is 5.88 Å². The highest BCUT2D eigenvalue weighted by molar-refractivity contribution is 6.05. The predicted molar refractivity (Wildman–Crippen MR) is 126 cm³/mol. The molecule has 1 aromatic carbocycles. The summed E-state index contributed by atoms with van der Waals surface area (Å²) >= 11 is 0. The number of benzene rings is 1. The molecule has 0 radical (unpaired) electrons. The second-order valence-electron chi connectivity index (χ2n) is 8.37. The zero-order valence-corrected chi connectivity index (χ0v) is 18.4. The number of nitrogens with two attached hydrogens (primary N) is 1. The zero-order chi connectivity index (χ0) is 22.8. The number of amides is 1. The van der Waals surface area contributed by atoms with Crippen LogP contribution < -0.4 is 15.8 Å². The van der Waals surface area contributed by atoms with Crippen molar-refractivity contribution in [2.45, 2.75) is 37.6 Å². The van der Waals surface area contributed by atoms with Crippen LogP contribution in [0.1, 0.15) is 47.5 Å². The van der Waals surface area contributed by atoms with Crippen LogP contribution in [0.25, 0.3) is 16.8 Å². The maximum absolute atomic E-state index is 13.3. The molecule has 3 aromatic heterocycles. The first-order valence-corrected chi connectivity index (χ1v) is 11.1. The Balaban J connectivity index is 1.39. The van der Waals surface area contributed by atoms with E-state index >= 15 is 0 Å². The number of pyridine rings is 1. The summed E-state index contributed by atoms with van der Waals surface area (Å²) in [6.45, 7) is 0. The molecule has 0 bridgehead atoms. The second kappa shape index (κ2) is 8.90. The van der Waals surface area contributed by atoms with E-state index in [2.05, 4.69) is 44.6 Å². The van der Waals surface area contributed by atoms with E-state index in [9.17, 15) is 4.79 Å². The van der Waals surface area contributed by atoms with Gasteiger partial charge in [-0.15, -0.1) is 0 Å². The minimum absolute atomic E-state index is 0.128. The Morgan fingerprint density at radius 3 is 2.64 bits per heavy atom. The molecule has 3 N–H and O–H groups in total. The molecule has 8 nitrogen and oxygen atoms in total. The van der Waals surface area contributed by atoms with Gasteiger partial charge in [-0.05, 0) is 49.3 Å². The van der Waals surface area contributed by atoms with Gasteiger partial charge in [0, 0.05) is 23.9 Å². The molecule has 1 amide bonds. The second-order valence-corrected chi connectivity index (χ2v) is 8.37. The van der Waals surface area contributed by atoms with Gasteiger partial charge in [0.2, 0.25) is 5.88 Å². The van der Waals surface area contributed by atoms with Gasteiger partial charge in [0.1, 0.15) is 11.8 Å². The standard InChI is InChI=1S/C25H26N6O2/c1-33-22-13-18(11-12-27-22)21-14-20(23-24(26)28-15-29-31(21)23)25(32)30-19-9-7-17(8-10-19)16-5-3-2-4-6-16/h2-6,11-15,17,19H,7-10H2,1H3,(H,30,32)(H2,26,28,29)/t17-,19-. The number of aromatic nitrogens is 4. The van der Waals surface area contributed by atoms with Gasteiger partial charge in [-0.2, -0.15) is 5.10 Å². The van der Waals surface area contributed by atoms with Gasteiger partial charge < -0.3 is 15.8 Å². The topological polar surface area (TPSA) is 107 Å².